The van der Waals surface area contributed by atoms with Gasteiger partial charge in [-0.15, -0.1) is 0 Å². The fourth-order valence-electron chi connectivity index (χ4n) is 23.2. The minimum atomic E-state index is -0.184. The lowest BCUT2D eigenvalue weighted by molar-refractivity contribution is -0.134. The normalized spacial score (nSPS) is 16.4. The number of benzene rings is 12. The Hall–Kier alpha value is -12.6. The standard InChI is InChI=1S/2C32H39N3O.2C31H38N4O.6CH4/c1-4-5-18-35-29-14-8-10-24(3)31(29)33-32(35)28-13-9-17-34(22-28)30(36)20-23(2)19-25-15-16-26-11-6-7-12-27(26)21-25;1-4-5-18-35-31-24(3)10-8-14-29(31)33-32(35)28-13-9-17-34(22-28)30(36)20-23(2)19-25-15-16-26-11-6-7-12-27(26)21-25;1-3-4-17-35-28-13-7-9-22(2)30(28)33-31(35)26-12-8-16-34(21-26)29(36)20-27(32)19-23-14-15-24-10-5-6-11-25(24)18-23;1-3-4-17-35-30-22(2)9-7-13-28(30)33-31(35)26-12-8-16-34(21-26)29(36)20-27(32)19-23-14-15-24-10-5-6-11-25(24)18-23;;;;;;/h2*6-8,10-12,14-16,21,23,28H,4-5,9,13,17-20,22H2,1-3H3;2*5-7,9-11,13-15,18,26-27H,3-4,8,12,16-17,19-21,32H2,1-2H3;6*1H4/t2*23-,28-;2*26-,27-;;;;;;/m1111....../s1. The number of carbonyl (C=O) groups is 4. The van der Waals surface area contributed by atoms with Crippen LogP contribution in [-0.4, -0.2) is 146 Å². The molecule has 20 rings (SSSR count). The molecule has 8 heterocycles. The molecule has 0 spiro atoms. The first kappa shape index (κ1) is 118. The molecule has 800 valence electrons. The van der Waals surface area contributed by atoms with Gasteiger partial charge in [-0.1, -0.05) is 330 Å². The van der Waals surface area contributed by atoms with E-state index < -0.39 is 0 Å². The summed E-state index contributed by atoms with van der Waals surface area (Å²) in [7, 11) is 0. The van der Waals surface area contributed by atoms with Crippen molar-refractivity contribution in [2.75, 3.05) is 52.4 Å². The first-order valence-electron chi connectivity index (χ1n) is 54.5. The Morgan fingerprint density at radius 2 is 0.560 bits per heavy atom. The summed E-state index contributed by atoms with van der Waals surface area (Å²) in [6, 6.07) is 85.3. The third kappa shape index (κ3) is 28.8. The maximum atomic E-state index is 13.4. The number of para-hydroxylation sites is 4. The summed E-state index contributed by atoms with van der Waals surface area (Å²) in [4.78, 5) is 82.1. The van der Waals surface area contributed by atoms with Crippen LogP contribution in [0.5, 0.6) is 0 Å². The number of nitrogens with zero attached hydrogens (tertiary/aromatic N) is 12. The third-order valence-corrected chi connectivity index (χ3v) is 30.9. The van der Waals surface area contributed by atoms with Crippen LogP contribution in [0.2, 0.25) is 0 Å². The molecule has 4 aromatic heterocycles. The van der Waals surface area contributed by atoms with E-state index in [9.17, 15) is 19.2 Å². The van der Waals surface area contributed by atoms with Crippen molar-refractivity contribution in [3.8, 4) is 0 Å². The van der Waals surface area contributed by atoms with Gasteiger partial charge in [-0.2, -0.15) is 0 Å². The molecule has 18 nitrogen and oxygen atoms in total. The van der Waals surface area contributed by atoms with Crippen LogP contribution < -0.4 is 11.5 Å². The van der Waals surface area contributed by atoms with Gasteiger partial charge in [0.05, 0.1) is 44.1 Å². The predicted octanol–water partition coefficient (Wildman–Crippen LogP) is 30.3. The lowest BCUT2D eigenvalue weighted by Crippen LogP contribution is -2.42. The highest BCUT2D eigenvalue weighted by molar-refractivity contribution is 5.89. The number of fused-ring (bicyclic) bond motifs is 8. The maximum absolute atomic E-state index is 13.4. The highest BCUT2D eigenvalue weighted by Gasteiger charge is 2.36. The lowest BCUT2D eigenvalue weighted by Gasteiger charge is -2.33. The summed E-state index contributed by atoms with van der Waals surface area (Å²) in [5.74, 6) is 7.34. The van der Waals surface area contributed by atoms with Crippen LogP contribution in [-0.2, 0) is 71.0 Å². The second-order valence-electron chi connectivity index (χ2n) is 42.5. The summed E-state index contributed by atoms with van der Waals surface area (Å²) in [5, 5.41) is 9.97. The second kappa shape index (κ2) is 55.9. The third-order valence-electron chi connectivity index (χ3n) is 30.9. The summed E-state index contributed by atoms with van der Waals surface area (Å²) >= 11 is 0. The van der Waals surface area contributed by atoms with E-state index in [1.54, 1.807) is 0 Å². The molecule has 0 bridgehead atoms. The first-order valence-corrected chi connectivity index (χ1v) is 54.5. The molecule has 16 aromatic rings. The van der Waals surface area contributed by atoms with Gasteiger partial charge in [0.1, 0.15) is 23.3 Å². The number of hydrogen-bond acceptors (Lipinski definition) is 10. The zero-order valence-corrected chi connectivity index (χ0v) is 87.3. The van der Waals surface area contributed by atoms with Crippen molar-refractivity contribution in [3.63, 3.8) is 0 Å². The molecule has 4 fully saturated rings. The van der Waals surface area contributed by atoms with Gasteiger partial charge < -0.3 is 49.3 Å². The van der Waals surface area contributed by atoms with Gasteiger partial charge in [0.25, 0.3) is 0 Å². The topological polar surface area (TPSA) is 205 Å². The largest absolute Gasteiger partial charge is 0.342 e. The average molecular weight is 2020 g/mol. The molecule has 0 radical (unpaired) electrons. The molecule has 0 aliphatic carbocycles. The second-order valence-corrected chi connectivity index (χ2v) is 42.5. The van der Waals surface area contributed by atoms with Gasteiger partial charge in [-0.05, 0) is 254 Å². The van der Waals surface area contributed by atoms with Crippen LogP contribution in [0.4, 0.5) is 0 Å². The number of aromatic nitrogens is 8. The SMILES string of the molecule is C.C.C.C.C.C.CCCCn1c([C@@H]2CCCN(C(=O)C[C@H](C)Cc3ccc4ccccc4c3)C2)nc2c(C)cccc21.CCCCn1c([C@@H]2CCCN(C(=O)C[C@H](C)Cc3ccc4ccccc4c3)C2)nc2cccc(C)c21.CCCCn1c([C@@H]2CCCN(C(=O)C[C@H](N)Cc3ccc4ccccc4c3)C2)nc2c(C)cccc21.CCCCn1c([C@@H]2CCCN(C(=O)C[C@H](N)Cc3ccc4ccccc4c3)C2)nc2cccc(C)c21. The molecule has 4 aliphatic heterocycles. The first-order chi connectivity index (χ1) is 70.1. The van der Waals surface area contributed by atoms with E-state index in [-0.39, 0.29) is 80.3 Å². The van der Waals surface area contributed by atoms with Crippen LogP contribution in [0.15, 0.2) is 243 Å². The van der Waals surface area contributed by atoms with Gasteiger partial charge in [-0.3, -0.25) is 19.2 Å². The minimum Gasteiger partial charge on any atom is -0.342 e. The van der Waals surface area contributed by atoms with Crippen LogP contribution in [0, 0.1) is 39.5 Å². The molecule has 18 heteroatoms. The molecule has 4 N–H and O–H groups in total. The number of nitrogens with two attached hydrogens (primary N) is 2. The van der Waals surface area contributed by atoms with E-state index in [1.807, 2.05) is 9.80 Å². The zero-order chi connectivity index (χ0) is 100. The molecule has 0 unspecified atom stereocenters. The molecule has 4 aliphatic rings. The molecule has 150 heavy (non-hydrogen) atoms. The number of amides is 4. The molecular formula is C132H178N14O4. The van der Waals surface area contributed by atoms with E-state index in [0.29, 0.717) is 74.0 Å². The van der Waals surface area contributed by atoms with E-state index >= 15 is 0 Å². The minimum absolute atomic E-state index is 0. The fourth-order valence-corrected chi connectivity index (χ4v) is 23.2. The lowest BCUT2D eigenvalue weighted by atomic mass is 9.93. The number of aryl methyl sites for hydroxylation is 8. The van der Waals surface area contributed by atoms with Crippen molar-refractivity contribution < 1.29 is 19.2 Å². The monoisotopic (exact) mass is 2020 g/mol. The van der Waals surface area contributed by atoms with Crippen LogP contribution in [0.3, 0.4) is 0 Å². The maximum Gasteiger partial charge on any atom is 0.224 e. The van der Waals surface area contributed by atoms with Crippen LogP contribution in [0.1, 0.15) is 306 Å². The summed E-state index contributed by atoms with van der Waals surface area (Å²) in [5.41, 5.74) is 32.3. The number of hydrogen-bond donors (Lipinski definition) is 2. The number of likely N-dealkylation sites (tertiary alicyclic amines) is 4. The average Bonchev–Trinajstić information content (AvgIpc) is 1.63. The Bertz CT molecular complexity index is 6440. The quantitative estimate of drug-likeness (QED) is 0.0408. The van der Waals surface area contributed by atoms with Crippen molar-refractivity contribution in [2.24, 2.45) is 23.3 Å². The van der Waals surface area contributed by atoms with Crippen LogP contribution >= 0.6 is 0 Å². The van der Waals surface area contributed by atoms with Crippen LogP contribution in [0.25, 0.3) is 87.2 Å². The zero-order valence-electron chi connectivity index (χ0n) is 87.3. The summed E-state index contributed by atoms with van der Waals surface area (Å²) in [6.07, 6.45) is 22.9. The number of rotatable bonds is 32. The van der Waals surface area contributed by atoms with Crippen molar-refractivity contribution in [2.45, 2.75) is 330 Å². The Balaban J connectivity index is 0.000000187. The highest BCUT2D eigenvalue weighted by atomic mass is 16.2. The number of carbonyl (C=O) groups excluding carboxylic acids is 4. The Morgan fingerprint density at radius 3 is 0.860 bits per heavy atom. The van der Waals surface area contributed by atoms with Crippen molar-refractivity contribution in [1.29, 1.82) is 0 Å². The Morgan fingerprint density at radius 1 is 0.300 bits per heavy atom. The van der Waals surface area contributed by atoms with Gasteiger partial charge in [0, 0.05) is 140 Å². The van der Waals surface area contributed by atoms with E-state index in [4.69, 9.17) is 31.4 Å². The van der Waals surface area contributed by atoms with Gasteiger partial charge in [-0.25, -0.2) is 19.9 Å². The molecule has 4 saturated heterocycles. The Labute approximate surface area is 898 Å². The number of piperidine rings is 4. The summed E-state index contributed by atoms with van der Waals surface area (Å²) in [6.45, 7) is 32.4. The van der Waals surface area contributed by atoms with Gasteiger partial charge in [0.2, 0.25) is 23.6 Å². The number of imidazole rings is 4. The molecule has 0 saturated carbocycles. The molecular weight excluding hydrogens is 1850 g/mol. The molecule has 8 atom stereocenters. The highest BCUT2D eigenvalue weighted by Crippen LogP contribution is 2.39. The van der Waals surface area contributed by atoms with E-state index in [1.165, 1.54) is 121 Å². The van der Waals surface area contributed by atoms with Gasteiger partial charge >= 0.3 is 0 Å². The molecule has 12 aromatic carbocycles. The fraction of sp³-hybridized carbons (Fsp3) is 0.455. The van der Waals surface area contributed by atoms with Crippen molar-refractivity contribution in [1.82, 2.24) is 57.8 Å². The smallest absolute Gasteiger partial charge is 0.224 e. The number of unbranched alkanes of at least 4 members (excludes halogenated alkanes) is 4. The van der Waals surface area contributed by atoms with Crippen molar-refractivity contribution in [3.05, 3.63) is 310 Å². The summed E-state index contributed by atoms with van der Waals surface area (Å²) < 4.78 is 9.73. The predicted molar refractivity (Wildman–Crippen MR) is 635 cm³/mol. The van der Waals surface area contributed by atoms with E-state index in [0.717, 1.165) is 228 Å². The molecule has 4 amide bonds. The van der Waals surface area contributed by atoms with Gasteiger partial charge in [0.15, 0.2) is 0 Å². The Kier molecular flexibility index (Phi) is 43.9. The van der Waals surface area contributed by atoms with E-state index in [2.05, 4.69) is 340 Å². The van der Waals surface area contributed by atoms with Crippen molar-refractivity contribution >= 4 is 111 Å².